The van der Waals surface area contributed by atoms with E-state index in [2.05, 4.69) is 240 Å². The lowest BCUT2D eigenvalue weighted by molar-refractivity contribution is 0.645. The molecule has 3 heterocycles. The van der Waals surface area contributed by atoms with Crippen LogP contribution in [0.5, 0.6) is 0 Å². The lowest BCUT2D eigenvalue weighted by atomic mass is 9.98. The molecular weight excluding hydrogens is 797 g/mol. The maximum atomic E-state index is 6.65. The summed E-state index contributed by atoms with van der Waals surface area (Å²) in [5.74, 6) is 0. The van der Waals surface area contributed by atoms with Crippen LogP contribution < -0.4 is 4.90 Å². The van der Waals surface area contributed by atoms with Gasteiger partial charge >= 0.3 is 0 Å². The van der Waals surface area contributed by atoms with Crippen molar-refractivity contribution in [2.45, 2.75) is 0 Å². The van der Waals surface area contributed by atoms with Gasteiger partial charge in [-0.05, 0) is 123 Å². The molecule has 0 atom stereocenters. The topological polar surface area (TPSA) is 21.3 Å². The van der Waals surface area contributed by atoms with E-state index in [9.17, 15) is 0 Å². The van der Waals surface area contributed by atoms with Gasteiger partial charge in [0, 0.05) is 53.7 Å². The van der Waals surface area contributed by atoms with E-state index in [0.29, 0.717) is 0 Å². The maximum absolute atomic E-state index is 6.65. The van der Waals surface area contributed by atoms with Crippen molar-refractivity contribution in [1.29, 1.82) is 0 Å². The monoisotopic (exact) mass is 834 g/mol. The highest BCUT2D eigenvalue weighted by atomic mass is 32.1. The number of aromatic nitrogens is 1. The highest BCUT2D eigenvalue weighted by Gasteiger charge is 2.20. The molecule has 0 spiro atoms. The Morgan fingerprint density at radius 3 is 1.84 bits per heavy atom. The second-order valence-electron chi connectivity index (χ2n) is 16.5. The van der Waals surface area contributed by atoms with E-state index in [1.54, 1.807) is 0 Å². The quantitative estimate of drug-likeness (QED) is 0.159. The van der Waals surface area contributed by atoms with Crippen molar-refractivity contribution >= 4 is 92.3 Å². The number of para-hydroxylation sites is 2. The molecular formula is C60H38N2OS. The van der Waals surface area contributed by atoms with Crippen LogP contribution in [0.15, 0.2) is 235 Å². The third-order valence-corrected chi connectivity index (χ3v) is 13.9. The van der Waals surface area contributed by atoms with E-state index in [4.69, 9.17) is 4.42 Å². The number of anilines is 3. The van der Waals surface area contributed by atoms with Crippen LogP contribution in [0.1, 0.15) is 0 Å². The fourth-order valence-electron chi connectivity index (χ4n) is 9.75. The lowest BCUT2D eigenvalue weighted by Gasteiger charge is -2.26. The Kier molecular flexibility index (Phi) is 8.40. The number of furan rings is 1. The normalized spacial score (nSPS) is 11.8. The molecule has 0 saturated heterocycles. The van der Waals surface area contributed by atoms with Gasteiger partial charge in [0.1, 0.15) is 5.58 Å². The lowest BCUT2D eigenvalue weighted by Crippen LogP contribution is -2.10. The first kappa shape index (κ1) is 36.5. The minimum absolute atomic E-state index is 0.864. The summed E-state index contributed by atoms with van der Waals surface area (Å²) >= 11 is 1.86. The van der Waals surface area contributed by atoms with E-state index in [1.807, 2.05) is 11.3 Å². The molecule has 0 radical (unpaired) electrons. The number of fused-ring (bicyclic) bond motifs is 9. The maximum Gasteiger partial charge on any atom is 0.213 e. The zero-order valence-corrected chi connectivity index (χ0v) is 35.5. The van der Waals surface area contributed by atoms with Crippen molar-refractivity contribution in [3.05, 3.63) is 231 Å². The smallest absolute Gasteiger partial charge is 0.213 e. The van der Waals surface area contributed by atoms with Gasteiger partial charge in [0.2, 0.25) is 5.71 Å². The first-order valence-corrected chi connectivity index (χ1v) is 22.6. The zero-order valence-electron chi connectivity index (χ0n) is 34.7. The Morgan fingerprint density at radius 1 is 0.375 bits per heavy atom. The predicted molar refractivity (Wildman–Crippen MR) is 272 cm³/mol. The summed E-state index contributed by atoms with van der Waals surface area (Å²) in [4.78, 5) is 2.37. The summed E-state index contributed by atoms with van der Waals surface area (Å²) < 4.78 is 11.5. The molecule has 0 aliphatic carbocycles. The Labute approximate surface area is 373 Å². The second kappa shape index (κ2) is 14.7. The minimum Gasteiger partial charge on any atom is -0.439 e. The van der Waals surface area contributed by atoms with Crippen molar-refractivity contribution in [2.24, 2.45) is 0 Å². The van der Waals surface area contributed by atoms with E-state index >= 15 is 0 Å². The highest BCUT2D eigenvalue weighted by Crippen LogP contribution is 2.43. The van der Waals surface area contributed by atoms with Crippen LogP contribution in [-0.2, 0) is 0 Å². The average Bonchev–Trinajstić information content (AvgIpc) is 4.03. The molecule has 3 aromatic heterocycles. The van der Waals surface area contributed by atoms with Crippen molar-refractivity contribution in [3.63, 3.8) is 0 Å². The minimum atomic E-state index is 0.864. The van der Waals surface area contributed by atoms with Crippen LogP contribution in [0.3, 0.4) is 0 Å². The van der Waals surface area contributed by atoms with E-state index in [1.165, 1.54) is 58.6 Å². The van der Waals surface area contributed by atoms with E-state index < -0.39 is 0 Å². The van der Waals surface area contributed by atoms with Crippen LogP contribution in [0.25, 0.3) is 103 Å². The second-order valence-corrected chi connectivity index (χ2v) is 17.6. The van der Waals surface area contributed by atoms with Crippen molar-refractivity contribution in [3.8, 4) is 39.1 Å². The largest absolute Gasteiger partial charge is 0.439 e. The van der Waals surface area contributed by atoms with Crippen LogP contribution in [0.2, 0.25) is 0 Å². The van der Waals surface area contributed by atoms with Gasteiger partial charge in [-0.15, -0.1) is 11.3 Å². The number of nitrogens with zero attached hydrogens (tertiary/aromatic N) is 2. The standard InChI is InChI=1S/C60H38N2OS/c1-2-15-45(16-3-1)62-55-22-8-6-20-53(55)59-54-37-43(29-35-56(54)63-60(59)62)39-24-30-46(31-25-39)61(47-32-26-41(27-33-47)50-21-11-13-40-12-4-5-18-49(40)50)48-17-10-14-42(36-48)44-28-34-52-51-19-7-9-23-57(51)64-58(52)38-44/h1-38H. The van der Waals surface area contributed by atoms with Crippen molar-refractivity contribution in [2.75, 3.05) is 4.90 Å². The molecule has 300 valence electrons. The molecule has 64 heavy (non-hydrogen) atoms. The van der Waals surface area contributed by atoms with Crippen molar-refractivity contribution < 1.29 is 4.42 Å². The Hall–Kier alpha value is -8.18. The first-order valence-electron chi connectivity index (χ1n) is 21.7. The van der Waals surface area contributed by atoms with Gasteiger partial charge in [-0.1, -0.05) is 152 Å². The van der Waals surface area contributed by atoms with E-state index in [-0.39, 0.29) is 0 Å². The van der Waals surface area contributed by atoms with Gasteiger partial charge < -0.3 is 9.32 Å². The van der Waals surface area contributed by atoms with Crippen LogP contribution in [0.4, 0.5) is 17.1 Å². The molecule has 0 aliphatic heterocycles. The van der Waals surface area contributed by atoms with E-state index in [0.717, 1.165) is 61.5 Å². The molecule has 3 nitrogen and oxygen atoms in total. The molecule has 0 aliphatic rings. The summed E-state index contributed by atoms with van der Waals surface area (Å²) in [7, 11) is 0. The molecule has 0 unspecified atom stereocenters. The number of hydrogen-bond donors (Lipinski definition) is 0. The summed E-state index contributed by atoms with van der Waals surface area (Å²) in [6.07, 6.45) is 0. The molecule has 0 N–H and O–H groups in total. The predicted octanol–water partition coefficient (Wildman–Crippen LogP) is 17.5. The summed E-state index contributed by atoms with van der Waals surface area (Å²) in [5, 5.41) is 8.55. The Bertz CT molecular complexity index is 3890. The van der Waals surface area contributed by atoms with Crippen molar-refractivity contribution in [1.82, 2.24) is 4.57 Å². The van der Waals surface area contributed by atoms with Crippen LogP contribution in [-0.4, -0.2) is 4.57 Å². The van der Waals surface area contributed by atoms with Gasteiger partial charge in [0.05, 0.1) is 10.9 Å². The van der Waals surface area contributed by atoms with Crippen LogP contribution in [0, 0.1) is 0 Å². The molecule has 13 rings (SSSR count). The van der Waals surface area contributed by atoms with Gasteiger partial charge in [-0.2, -0.15) is 0 Å². The molecule has 0 fully saturated rings. The molecule has 0 amide bonds. The average molecular weight is 835 g/mol. The number of hydrogen-bond acceptors (Lipinski definition) is 3. The van der Waals surface area contributed by atoms with Gasteiger partial charge in [-0.3, -0.25) is 4.57 Å². The molecule has 10 aromatic carbocycles. The molecule has 4 heteroatoms. The Morgan fingerprint density at radius 2 is 1.00 bits per heavy atom. The van der Waals surface area contributed by atoms with Crippen LogP contribution >= 0.6 is 11.3 Å². The highest BCUT2D eigenvalue weighted by molar-refractivity contribution is 7.25. The fourth-order valence-corrected chi connectivity index (χ4v) is 10.9. The summed E-state index contributed by atoms with van der Waals surface area (Å²) in [6.45, 7) is 0. The number of thiophene rings is 1. The molecule has 13 aromatic rings. The number of rotatable bonds is 7. The first-order chi connectivity index (χ1) is 31.7. The summed E-state index contributed by atoms with van der Waals surface area (Å²) in [6, 6.07) is 83.4. The van der Waals surface area contributed by atoms with Gasteiger partial charge in [-0.25, -0.2) is 0 Å². The fraction of sp³-hybridized carbons (Fsp3) is 0. The third-order valence-electron chi connectivity index (χ3n) is 12.8. The Balaban J connectivity index is 0.911. The summed E-state index contributed by atoms with van der Waals surface area (Å²) in [5.41, 5.74) is 14.3. The van der Waals surface area contributed by atoms with Gasteiger partial charge in [0.25, 0.3) is 0 Å². The zero-order chi connectivity index (χ0) is 42.1. The third kappa shape index (κ3) is 5.95. The number of benzene rings is 10. The van der Waals surface area contributed by atoms with Gasteiger partial charge in [0.15, 0.2) is 0 Å². The SMILES string of the molecule is c1ccc(-n2c3ccccc3c3c4cc(-c5ccc(N(c6ccc(-c7cccc8ccccc78)cc6)c6cccc(-c7ccc8c(c7)sc7ccccc78)c6)cc5)ccc4oc32)cc1. The molecule has 0 saturated carbocycles. The molecule has 0 bridgehead atoms.